The van der Waals surface area contributed by atoms with Gasteiger partial charge in [-0.05, 0) is 46.3 Å². The minimum Gasteiger partial charge on any atom is -0.369 e. The molecule has 3 nitrogen and oxygen atoms in total. The van der Waals surface area contributed by atoms with E-state index in [1.54, 1.807) is 0 Å². The molecule has 0 amide bonds. The third-order valence-electron chi connectivity index (χ3n) is 2.74. The van der Waals surface area contributed by atoms with Gasteiger partial charge in [-0.1, -0.05) is 23.7 Å². The summed E-state index contributed by atoms with van der Waals surface area (Å²) in [4.78, 5) is 4.34. The minimum atomic E-state index is 0.458. The molecule has 2 aromatic carbocycles. The van der Waals surface area contributed by atoms with E-state index in [0.717, 1.165) is 21.2 Å². The quantitative estimate of drug-likeness (QED) is 0.735. The van der Waals surface area contributed by atoms with Gasteiger partial charge in [-0.3, -0.25) is 4.57 Å². The maximum atomic E-state index is 5.99. The second-order valence-electron chi connectivity index (χ2n) is 3.89. The van der Waals surface area contributed by atoms with Crippen LogP contribution in [0.2, 0.25) is 5.02 Å². The SMILES string of the molecule is Nc1nc2ccccc2n1-c1ccc(Cl)cc1Br. The molecule has 90 valence electrons. The Morgan fingerprint density at radius 1 is 1.17 bits per heavy atom. The van der Waals surface area contributed by atoms with Crippen molar-refractivity contribution >= 4 is 44.5 Å². The minimum absolute atomic E-state index is 0.458. The van der Waals surface area contributed by atoms with E-state index in [4.69, 9.17) is 17.3 Å². The average Bonchev–Trinajstić information content (AvgIpc) is 2.66. The van der Waals surface area contributed by atoms with Crippen LogP contribution in [-0.2, 0) is 0 Å². The van der Waals surface area contributed by atoms with Gasteiger partial charge in [-0.25, -0.2) is 4.98 Å². The molecule has 18 heavy (non-hydrogen) atoms. The van der Waals surface area contributed by atoms with Crippen LogP contribution in [0.3, 0.4) is 0 Å². The summed E-state index contributed by atoms with van der Waals surface area (Å²) in [5.41, 5.74) is 8.75. The Balaban J connectivity index is 2.34. The number of halogens is 2. The lowest BCUT2D eigenvalue weighted by Crippen LogP contribution is -2.01. The lowest BCUT2D eigenvalue weighted by atomic mass is 10.3. The van der Waals surface area contributed by atoms with E-state index < -0.39 is 0 Å². The topological polar surface area (TPSA) is 43.8 Å². The van der Waals surface area contributed by atoms with Gasteiger partial charge < -0.3 is 5.73 Å². The van der Waals surface area contributed by atoms with Crippen LogP contribution in [0.4, 0.5) is 5.95 Å². The Bertz CT molecular complexity index is 736. The van der Waals surface area contributed by atoms with Crippen molar-refractivity contribution in [1.82, 2.24) is 9.55 Å². The molecule has 0 bridgehead atoms. The molecule has 2 N–H and O–H groups in total. The van der Waals surface area contributed by atoms with Gasteiger partial charge in [-0.15, -0.1) is 0 Å². The number of nitrogen functional groups attached to an aromatic ring is 1. The van der Waals surface area contributed by atoms with E-state index in [2.05, 4.69) is 20.9 Å². The summed E-state index contributed by atoms with van der Waals surface area (Å²) < 4.78 is 2.78. The van der Waals surface area contributed by atoms with Gasteiger partial charge in [-0.2, -0.15) is 0 Å². The van der Waals surface area contributed by atoms with Crippen molar-refractivity contribution in [1.29, 1.82) is 0 Å². The Morgan fingerprint density at radius 3 is 2.72 bits per heavy atom. The highest BCUT2D eigenvalue weighted by Crippen LogP contribution is 2.30. The highest BCUT2D eigenvalue weighted by atomic mass is 79.9. The van der Waals surface area contributed by atoms with Crippen molar-refractivity contribution in [2.24, 2.45) is 0 Å². The lowest BCUT2D eigenvalue weighted by Gasteiger charge is -2.09. The number of fused-ring (bicyclic) bond motifs is 1. The summed E-state index contributed by atoms with van der Waals surface area (Å²) in [5, 5.41) is 0.675. The van der Waals surface area contributed by atoms with E-state index in [-0.39, 0.29) is 0 Å². The molecule has 0 saturated heterocycles. The first-order valence-electron chi connectivity index (χ1n) is 5.35. The van der Waals surface area contributed by atoms with Gasteiger partial charge in [0.05, 0.1) is 16.7 Å². The molecule has 0 radical (unpaired) electrons. The second kappa shape index (κ2) is 4.30. The first kappa shape index (κ1) is 11.6. The van der Waals surface area contributed by atoms with E-state index in [0.29, 0.717) is 11.0 Å². The Kier molecular flexibility index (Phi) is 2.76. The van der Waals surface area contributed by atoms with Crippen molar-refractivity contribution < 1.29 is 0 Å². The van der Waals surface area contributed by atoms with Gasteiger partial charge in [0.25, 0.3) is 0 Å². The number of hydrogen-bond acceptors (Lipinski definition) is 2. The number of aromatic nitrogens is 2. The molecule has 0 aliphatic carbocycles. The molecule has 0 aliphatic heterocycles. The fourth-order valence-corrected chi connectivity index (χ4v) is 2.82. The van der Waals surface area contributed by atoms with Crippen LogP contribution >= 0.6 is 27.5 Å². The molecule has 0 saturated carbocycles. The Morgan fingerprint density at radius 2 is 1.94 bits per heavy atom. The standard InChI is InChI=1S/C13H9BrClN3/c14-9-7-8(15)5-6-11(9)18-12-4-2-1-3-10(12)17-13(18)16/h1-7H,(H2,16,17). The van der Waals surface area contributed by atoms with Gasteiger partial charge in [0, 0.05) is 9.50 Å². The molecule has 1 aromatic heterocycles. The molecule has 0 unspecified atom stereocenters. The van der Waals surface area contributed by atoms with Crippen molar-refractivity contribution in [3.05, 3.63) is 52.0 Å². The first-order valence-corrected chi connectivity index (χ1v) is 6.52. The summed E-state index contributed by atoms with van der Waals surface area (Å²) in [7, 11) is 0. The maximum Gasteiger partial charge on any atom is 0.205 e. The molecule has 0 fully saturated rings. The van der Waals surface area contributed by atoms with Crippen LogP contribution in [-0.4, -0.2) is 9.55 Å². The number of anilines is 1. The van der Waals surface area contributed by atoms with Gasteiger partial charge in [0.15, 0.2) is 0 Å². The predicted octanol–water partition coefficient (Wildman–Crippen LogP) is 4.02. The van der Waals surface area contributed by atoms with E-state index in [1.807, 2.05) is 47.0 Å². The van der Waals surface area contributed by atoms with Crippen molar-refractivity contribution in [2.75, 3.05) is 5.73 Å². The van der Waals surface area contributed by atoms with Gasteiger partial charge >= 0.3 is 0 Å². The molecular weight excluding hydrogens is 314 g/mol. The van der Waals surface area contributed by atoms with Crippen LogP contribution in [0.25, 0.3) is 16.7 Å². The fraction of sp³-hybridized carbons (Fsp3) is 0. The largest absolute Gasteiger partial charge is 0.369 e. The molecule has 0 spiro atoms. The highest BCUT2D eigenvalue weighted by molar-refractivity contribution is 9.10. The van der Waals surface area contributed by atoms with Gasteiger partial charge in [0.2, 0.25) is 5.95 Å². The predicted molar refractivity (Wildman–Crippen MR) is 78.2 cm³/mol. The Labute approximate surface area is 117 Å². The second-order valence-corrected chi connectivity index (χ2v) is 5.18. The normalized spacial score (nSPS) is 11.0. The van der Waals surface area contributed by atoms with Crippen LogP contribution in [0.1, 0.15) is 0 Å². The van der Waals surface area contributed by atoms with Crippen molar-refractivity contribution in [3.8, 4) is 5.69 Å². The molecule has 0 aliphatic rings. The summed E-state index contributed by atoms with van der Waals surface area (Å²) in [6.45, 7) is 0. The fourth-order valence-electron chi connectivity index (χ4n) is 1.96. The number of benzene rings is 2. The molecule has 1 heterocycles. The molecule has 3 rings (SSSR count). The van der Waals surface area contributed by atoms with Gasteiger partial charge in [0.1, 0.15) is 0 Å². The van der Waals surface area contributed by atoms with Crippen molar-refractivity contribution in [3.63, 3.8) is 0 Å². The average molecular weight is 323 g/mol. The molecule has 0 atom stereocenters. The van der Waals surface area contributed by atoms with Crippen LogP contribution in [0.15, 0.2) is 46.9 Å². The zero-order valence-corrected chi connectivity index (χ0v) is 11.6. The van der Waals surface area contributed by atoms with Crippen LogP contribution in [0.5, 0.6) is 0 Å². The number of nitrogens with two attached hydrogens (primary N) is 1. The molecule has 3 aromatic rings. The summed E-state index contributed by atoms with van der Waals surface area (Å²) >= 11 is 9.45. The number of hydrogen-bond donors (Lipinski definition) is 1. The molecule has 5 heteroatoms. The number of rotatable bonds is 1. The third-order valence-corrected chi connectivity index (χ3v) is 3.61. The van der Waals surface area contributed by atoms with Crippen LogP contribution in [0, 0.1) is 0 Å². The summed E-state index contributed by atoms with van der Waals surface area (Å²) in [5.74, 6) is 0.458. The summed E-state index contributed by atoms with van der Waals surface area (Å²) in [6, 6.07) is 13.4. The van der Waals surface area contributed by atoms with Crippen LogP contribution < -0.4 is 5.73 Å². The monoisotopic (exact) mass is 321 g/mol. The van der Waals surface area contributed by atoms with E-state index in [9.17, 15) is 0 Å². The number of imidazole rings is 1. The van der Waals surface area contributed by atoms with E-state index in [1.165, 1.54) is 0 Å². The third kappa shape index (κ3) is 1.78. The number of para-hydroxylation sites is 2. The lowest BCUT2D eigenvalue weighted by molar-refractivity contribution is 1.10. The zero-order valence-electron chi connectivity index (χ0n) is 9.27. The smallest absolute Gasteiger partial charge is 0.205 e. The highest BCUT2D eigenvalue weighted by Gasteiger charge is 2.11. The van der Waals surface area contributed by atoms with Crippen molar-refractivity contribution in [2.45, 2.75) is 0 Å². The first-order chi connectivity index (χ1) is 8.66. The zero-order chi connectivity index (χ0) is 12.7. The maximum absolute atomic E-state index is 5.99. The Hall–Kier alpha value is -1.52. The number of nitrogens with zero attached hydrogens (tertiary/aromatic N) is 2. The summed E-state index contributed by atoms with van der Waals surface area (Å²) in [6.07, 6.45) is 0. The molecular formula is C13H9BrClN3. The van der Waals surface area contributed by atoms with E-state index >= 15 is 0 Å².